The van der Waals surface area contributed by atoms with E-state index in [9.17, 15) is 8.78 Å². The Balaban J connectivity index is 0.000000363. The van der Waals surface area contributed by atoms with E-state index in [1.165, 1.54) is 19.9 Å². The predicted molar refractivity (Wildman–Crippen MR) is 124 cm³/mol. The summed E-state index contributed by atoms with van der Waals surface area (Å²) in [5.41, 5.74) is 5.08. The van der Waals surface area contributed by atoms with Crippen LogP contribution in [0.3, 0.4) is 0 Å². The lowest BCUT2D eigenvalue weighted by molar-refractivity contribution is 0.149. The summed E-state index contributed by atoms with van der Waals surface area (Å²) in [6.45, 7) is 5.85. The molecule has 5 rings (SSSR count). The molecule has 0 radical (unpaired) electrons. The zero-order valence-electron chi connectivity index (χ0n) is 18.1. The maximum atomic E-state index is 11.0. The summed E-state index contributed by atoms with van der Waals surface area (Å²) in [5, 5.41) is 11.1. The second-order valence-electron chi connectivity index (χ2n) is 7.93. The van der Waals surface area contributed by atoms with Crippen LogP contribution in [-0.4, -0.2) is 50.6 Å². The highest BCUT2D eigenvalue weighted by Gasteiger charge is 2.28. The van der Waals surface area contributed by atoms with Crippen molar-refractivity contribution in [3.8, 4) is 11.1 Å². The highest BCUT2D eigenvalue weighted by Crippen LogP contribution is 2.34. The topological polar surface area (TPSA) is 82.9 Å². The van der Waals surface area contributed by atoms with Crippen LogP contribution in [0.1, 0.15) is 25.3 Å². The first kappa shape index (κ1) is 21.9. The molecule has 1 atom stereocenters. The van der Waals surface area contributed by atoms with Crippen molar-refractivity contribution in [1.82, 2.24) is 29.9 Å². The van der Waals surface area contributed by atoms with E-state index in [1.54, 1.807) is 0 Å². The Labute approximate surface area is 185 Å². The van der Waals surface area contributed by atoms with Crippen LogP contribution in [0, 0.1) is 5.92 Å². The maximum Gasteiger partial charge on any atom is 0.250 e. The normalized spacial score (nSPS) is 14.4. The molecule has 0 unspecified atom stereocenters. The third-order valence-corrected chi connectivity index (χ3v) is 5.56. The largest absolute Gasteiger partial charge is 0.351 e. The van der Waals surface area contributed by atoms with Crippen LogP contribution in [-0.2, 0) is 0 Å². The number of rotatable bonds is 7. The highest BCUT2D eigenvalue weighted by atomic mass is 19.3. The summed E-state index contributed by atoms with van der Waals surface area (Å²) >= 11 is 0. The van der Waals surface area contributed by atoms with Gasteiger partial charge in [-0.3, -0.25) is 0 Å². The highest BCUT2D eigenvalue weighted by molar-refractivity contribution is 5.94. The van der Waals surface area contributed by atoms with Crippen molar-refractivity contribution in [2.45, 2.75) is 32.2 Å². The number of hydrogen-bond donors (Lipinski definition) is 3. The molecule has 0 amide bonds. The summed E-state index contributed by atoms with van der Waals surface area (Å²) < 4.78 is 23.8. The predicted octanol–water partition coefficient (Wildman–Crippen LogP) is 4.60. The fraction of sp³-hybridized carbons (Fsp3) is 0.348. The Kier molecular flexibility index (Phi) is 6.45. The number of anilines is 1. The van der Waals surface area contributed by atoms with Gasteiger partial charge >= 0.3 is 0 Å². The monoisotopic (exact) mass is 439 g/mol. The number of hydrogen-bond acceptors (Lipinski definition) is 5. The summed E-state index contributed by atoms with van der Waals surface area (Å²) in [5.74, 6) is 1.44. The van der Waals surface area contributed by atoms with Crippen LogP contribution >= 0.6 is 0 Å². The number of nitrogens with zero attached hydrogens (tertiary/aromatic N) is 4. The van der Waals surface area contributed by atoms with Crippen molar-refractivity contribution < 1.29 is 8.78 Å². The van der Waals surface area contributed by atoms with Crippen molar-refractivity contribution in [2.75, 3.05) is 18.9 Å². The smallest absolute Gasteiger partial charge is 0.250 e. The fourth-order valence-electron chi connectivity index (χ4n) is 3.61. The van der Waals surface area contributed by atoms with E-state index in [1.807, 2.05) is 35.4 Å². The van der Waals surface area contributed by atoms with E-state index in [2.05, 4.69) is 56.3 Å². The molecule has 3 N–H and O–H groups in total. The number of aromatic nitrogens is 5. The van der Waals surface area contributed by atoms with Gasteiger partial charge in [-0.1, -0.05) is 12.7 Å². The first-order chi connectivity index (χ1) is 15.5. The van der Waals surface area contributed by atoms with Gasteiger partial charge in [-0.05, 0) is 50.4 Å². The van der Waals surface area contributed by atoms with E-state index >= 15 is 0 Å². The SMILES string of the molecule is C=Cc1cnn2ccc(-c3c[nH]c4nc(N[C@H](C)C5CC5)ncc34)cc12.CNCC(F)F. The molecule has 1 aliphatic carbocycles. The second kappa shape index (κ2) is 9.44. The molecule has 0 bridgehead atoms. The molecule has 4 aromatic rings. The first-order valence-corrected chi connectivity index (χ1v) is 10.6. The number of halogens is 2. The van der Waals surface area contributed by atoms with Gasteiger partial charge in [0.2, 0.25) is 5.95 Å². The van der Waals surface area contributed by atoms with Crippen LogP contribution in [0.25, 0.3) is 33.8 Å². The Bertz CT molecular complexity index is 1210. The molecule has 0 saturated heterocycles. The lowest BCUT2D eigenvalue weighted by Gasteiger charge is -2.12. The minimum absolute atomic E-state index is 0.208. The maximum absolute atomic E-state index is 11.0. The minimum atomic E-state index is -2.21. The van der Waals surface area contributed by atoms with Gasteiger partial charge in [-0.2, -0.15) is 10.1 Å². The molecule has 32 heavy (non-hydrogen) atoms. The Hall–Kier alpha value is -3.33. The summed E-state index contributed by atoms with van der Waals surface area (Å²) in [6.07, 6.45) is 9.88. The molecular weight excluding hydrogens is 412 g/mol. The summed E-state index contributed by atoms with van der Waals surface area (Å²) in [4.78, 5) is 12.5. The van der Waals surface area contributed by atoms with Gasteiger partial charge in [-0.25, -0.2) is 18.3 Å². The second-order valence-corrected chi connectivity index (χ2v) is 7.93. The van der Waals surface area contributed by atoms with E-state index in [0.29, 0.717) is 12.0 Å². The molecule has 1 fully saturated rings. The molecule has 168 valence electrons. The van der Waals surface area contributed by atoms with Crippen molar-refractivity contribution in [3.05, 3.63) is 49.1 Å². The minimum Gasteiger partial charge on any atom is -0.351 e. The Morgan fingerprint density at radius 3 is 2.81 bits per heavy atom. The molecule has 0 spiro atoms. The number of fused-ring (bicyclic) bond motifs is 2. The molecule has 4 heterocycles. The molecule has 9 heteroatoms. The number of H-pyrrole nitrogens is 1. The summed E-state index contributed by atoms with van der Waals surface area (Å²) in [7, 11) is 1.49. The zero-order chi connectivity index (χ0) is 22.7. The van der Waals surface area contributed by atoms with E-state index in [0.717, 1.165) is 39.2 Å². The lowest BCUT2D eigenvalue weighted by Crippen LogP contribution is -2.18. The van der Waals surface area contributed by atoms with Crippen molar-refractivity contribution in [3.63, 3.8) is 0 Å². The van der Waals surface area contributed by atoms with Gasteiger partial charge < -0.3 is 15.6 Å². The van der Waals surface area contributed by atoms with E-state index in [4.69, 9.17) is 0 Å². The molecule has 0 aromatic carbocycles. The van der Waals surface area contributed by atoms with Crippen molar-refractivity contribution >= 4 is 28.6 Å². The van der Waals surface area contributed by atoms with Crippen molar-refractivity contribution in [1.29, 1.82) is 0 Å². The fourth-order valence-corrected chi connectivity index (χ4v) is 3.61. The molecule has 0 aliphatic heterocycles. The molecular formula is C23H27F2N7. The van der Waals surface area contributed by atoms with Crippen LogP contribution in [0.5, 0.6) is 0 Å². The van der Waals surface area contributed by atoms with Crippen LogP contribution in [0.2, 0.25) is 0 Å². The van der Waals surface area contributed by atoms with Crippen LogP contribution in [0.4, 0.5) is 14.7 Å². The Morgan fingerprint density at radius 2 is 2.16 bits per heavy atom. The number of aromatic amines is 1. The van der Waals surface area contributed by atoms with Gasteiger partial charge in [0, 0.05) is 41.1 Å². The lowest BCUT2D eigenvalue weighted by atomic mass is 10.1. The van der Waals surface area contributed by atoms with Gasteiger partial charge in [0.15, 0.2) is 0 Å². The molecule has 7 nitrogen and oxygen atoms in total. The third kappa shape index (κ3) is 4.77. The van der Waals surface area contributed by atoms with Crippen LogP contribution < -0.4 is 10.6 Å². The first-order valence-electron chi connectivity index (χ1n) is 10.6. The average Bonchev–Trinajstić information content (AvgIpc) is 3.43. The molecule has 4 aromatic heterocycles. The van der Waals surface area contributed by atoms with E-state index in [-0.39, 0.29) is 6.54 Å². The molecule has 1 saturated carbocycles. The zero-order valence-corrected chi connectivity index (χ0v) is 18.1. The standard InChI is InChI=1S/C20H20N6.C3H7F2N/c1-3-13-9-23-26-7-6-15(8-18(13)26)16-10-21-19-17(16)11-22-20(25-19)24-12(2)14-4-5-14;1-6-2-3(4)5/h3,6-12,14H,1,4-5H2,2H3,(H2,21,22,24,25);3,6H,2H2,1H3/t12-;/m1./s1. The third-order valence-electron chi connectivity index (χ3n) is 5.56. The van der Waals surface area contributed by atoms with Crippen LogP contribution in [0.15, 0.2) is 43.5 Å². The quantitative estimate of drug-likeness (QED) is 0.392. The number of pyridine rings is 1. The van der Waals surface area contributed by atoms with Gasteiger partial charge in [0.25, 0.3) is 6.43 Å². The average molecular weight is 440 g/mol. The van der Waals surface area contributed by atoms with Gasteiger partial charge in [-0.15, -0.1) is 0 Å². The van der Waals surface area contributed by atoms with E-state index < -0.39 is 6.43 Å². The number of alkyl halides is 2. The van der Waals surface area contributed by atoms with Gasteiger partial charge in [0.1, 0.15) is 5.65 Å². The molecule has 1 aliphatic rings. The van der Waals surface area contributed by atoms with Crippen molar-refractivity contribution in [2.24, 2.45) is 5.92 Å². The van der Waals surface area contributed by atoms with Gasteiger partial charge in [0.05, 0.1) is 18.3 Å². The Morgan fingerprint density at radius 1 is 1.34 bits per heavy atom. The summed E-state index contributed by atoms with van der Waals surface area (Å²) in [6, 6.07) is 4.59. The number of nitrogens with one attached hydrogen (secondary N) is 3.